The zero-order valence-electron chi connectivity index (χ0n) is 10.4. The van der Waals surface area contributed by atoms with Gasteiger partial charge in [0.2, 0.25) is 17.7 Å². The van der Waals surface area contributed by atoms with Crippen LogP contribution in [0, 0.1) is 0 Å². The van der Waals surface area contributed by atoms with E-state index in [1.54, 1.807) is 6.92 Å². The molecular formula is C11H19N3O3. The normalized spacial score (nSPS) is 22.3. The summed E-state index contributed by atoms with van der Waals surface area (Å²) >= 11 is 0. The van der Waals surface area contributed by atoms with E-state index in [9.17, 15) is 14.4 Å². The average Bonchev–Trinajstić information content (AvgIpc) is 2.30. The molecular weight excluding hydrogens is 222 g/mol. The van der Waals surface area contributed by atoms with Crippen molar-refractivity contribution in [2.75, 3.05) is 13.1 Å². The number of carbonyl (C=O) groups excluding carboxylic acids is 3. The summed E-state index contributed by atoms with van der Waals surface area (Å²) in [6.45, 7) is 5.71. The molecule has 3 amide bonds. The first-order valence-electron chi connectivity index (χ1n) is 5.82. The number of piperazine rings is 1. The van der Waals surface area contributed by atoms with Crippen LogP contribution in [0.3, 0.4) is 0 Å². The Morgan fingerprint density at radius 2 is 2.24 bits per heavy atom. The van der Waals surface area contributed by atoms with E-state index < -0.39 is 17.9 Å². The minimum absolute atomic E-state index is 0.0477. The fourth-order valence-electron chi connectivity index (χ4n) is 1.53. The monoisotopic (exact) mass is 241 g/mol. The number of hydrogen-bond acceptors (Lipinski definition) is 4. The summed E-state index contributed by atoms with van der Waals surface area (Å²) in [5.74, 6) is -1.07. The highest BCUT2D eigenvalue weighted by atomic mass is 16.2. The highest BCUT2D eigenvalue weighted by molar-refractivity contribution is 6.04. The molecule has 1 heterocycles. The first kappa shape index (κ1) is 13.6. The lowest BCUT2D eigenvalue weighted by Crippen LogP contribution is -2.60. The summed E-state index contributed by atoms with van der Waals surface area (Å²) in [7, 11) is 0. The van der Waals surface area contributed by atoms with Crippen molar-refractivity contribution in [3.8, 4) is 0 Å². The van der Waals surface area contributed by atoms with Crippen LogP contribution in [0.4, 0.5) is 0 Å². The topological polar surface area (TPSA) is 78.5 Å². The molecule has 1 aliphatic rings. The lowest BCUT2D eigenvalue weighted by molar-refractivity contribution is -0.148. The lowest BCUT2D eigenvalue weighted by Gasteiger charge is -2.32. The van der Waals surface area contributed by atoms with Gasteiger partial charge in [0.1, 0.15) is 12.6 Å². The van der Waals surface area contributed by atoms with Crippen LogP contribution in [0.5, 0.6) is 0 Å². The smallest absolute Gasteiger partial charge is 0.249 e. The van der Waals surface area contributed by atoms with Gasteiger partial charge in [0, 0.05) is 6.04 Å². The molecule has 1 aliphatic heterocycles. The molecule has 6 heteroatoms. The molecule has 0 aromatic carbocycles. The molecule has 96 valence electrons. The van der Waals surface area contributed by atoms with E-state index >= 15 is 0 Å². The van der Waals surface area contributed by atoms with Crippen molar-refractivity contribution >= 4 is 17.7 Å². The second kappa shape index (κ2) is 5.77. The molecule has 0 bridgehead atoms. The second-order valence-corrected chi connectivity index (χ2v) is 4.30. The molecule has 17 heavy (non-hydrogen) atoms. The molecule has 0 aromatic rings. The average molecular weight is 241 g/mol. The van der Waals surface area contributed by atoms with Gasteiger partial charge in [0.25, 0.3) is 0 Å². The lowest BCUT2D eigenvalue weighted by atomic mass is 10.2. The van der Waals surface area contributed by atoms with E-state index in [-0.39, 0.29) is 25.0 Å². The van der Waals surface area contributed by atoms with Gasteiger partial charge in [-0.1, -0.05) is 6.92 Å². The summed E-state index contributed by atoms with van der Waals surface area (Å²) in [6.07, 6.45) is 0.919. The summed E-state index contributed by atoms with van der Waals surface area (Å²) in [4.78, 5) is 35.7. The molecule has 1 fully saturated rings. The predicted octanol–water partition coefficient (Wildman–Crippen LogP) is -0.752. The van der Waals surface area contributed by atoms with Crippen LogP contribution < -0.4 is 10.6 Å². The van der Waals surface area contributed by atoms with E-state index in [1.165, 1.54) is 4.90 Å². The molecule has 6 nitrogen and oxygen atoms in total. The van der Waals surface area contributed by atoms with Gasteiger partial charge in [0.15, 0.2) is 0 Å². The molecule has 2 atom stereocenters. The van der Waals surface area contributed by atoms with E-state index in [2.05, 4.69) is 10.6 Å². The SMILES string of the molecule is CCC(C)NCC(=O)N1CC(=O)NC(=O)C1C. The first-order chi connectivity index (χ1) is 7.95. The van der Waals surface area contributed by atoms with Gasteiger partial charge in [-0.15, -0.1) is 0 Å². The Bertz CT molecular complexity index is 330. The van der Waals surface area contributed by atoms with E-state index in [1.807, 2.05) is 13.8 Å². The van der Waals surface area contributed by atoms with E-state index in [0.29, 0.717) is 0 Å². The fraction of sp³-hybridized carbons (Fsp3) is 0.727. The summed E-state index contributed by atoms with van der Waals surface area (Å²) in [5, 5.41) is 5.24. The Kier molecular flexibility index (Phi) is 4.62. The minimum Gasteiger partial charge on any atom is -0.321 e. The van der Waals surface area contributed by atoms with Gasteiger partial charge in [-0.25, -0.2) is 0 Å². The van der Waals surface area contributed by atoms with Crippen LogP contribution in [0.2, 0.25) is 0 Å². The Balaban J connectivity index is 2.55. The number of carbonyl (C=O) groups is 3. The number of nitrogens with one attached hydrogen (secondary N) is 2. The van der Waals surface area contributed by atoms with E-state index in [0.717, 1.165) is 6.42 Å². The Hall–Kier alpha value is -1.43. The third-order valence-electron chi connectivity index (χ3n) is 2.96. The molecule has 0 saturated carbocycles. The third-order valence-corrected chi connectivity index (χ3v) is 2.96. The quantitative estimate of drug-likeness (QED) is 0.635. The van der Waals surface area contributed by atoms with Crippen LogP contribution in [-0.4, -0.2) is 47.8 Å². The maximum Gasteiger partial charge on any atom is 0.249 e. The molecule has 2 unspecified atom stereocenters. The Labute approximate surface area is 101 Å². The highest BCUT2D eigenvalue weighted by Gasteiger charge is 2.33. The van der Waals surface area contributed by atoms with Crippen LogP contribution in [0.1, 0.15) is 27.2 Å². The highest BCUT2D eigenvalue weighted by Crippen LogP contribution is 2.04. The van der Waals surface area contributed by atoms with Gasteiger partial charge in [-0.05, 0) is 20.3 Å². The second-order valence-electron chi connectivity index (χ2n) is 4.30. The van der Waals surface area contributed by atoms with Gasteiger partial charge < -0.3 is 10.2 Å². The zero-order chi connectivity index (χ0) is 13.0. The summed E-state index contributed by atoms with van der Waals surface area (Å²) in [5.41, 5.74) is 0. The number of nitrogens with zero attached hydrogens (tertiary/aromatic N) is 1. The Morgan fingerprint density at radius 1 is 1.59 bits per heavy atom. The largest absolute Gasteiger partial charge is 0.321 e. The maximum atomic E-state index is 11.9. The number of hydrogen-bond donors (Lipinski definition) is 2. The van der Waals surface area contributed by atoms with Crippen LogP contribution in [0.25, 0.3) is 0 Å². The van der Waals surface area contributed by atoms with Gasteiger partial charge >= 0.3 is 0 Å². The molecule has 1 rings (SSSR count). The van der Waals surface area contributed by atoms with Crippen molar-refractivity contribution in [3.05, 3.63) is 0 Å². The van der Waals surface area contributed by atoms with Crippen molar-refractivity contribution in [2.45, 2.75) is 39.3 Å². The van der Waals surface area contributed by atoms with E-state index in [4.69, 9.17) is 0 Å². The van der Waals surface area contributed by atoms with Gasteiger partial charge in [-0.3, -0.25) is 19.7 Å². The van der Waals surface area contributed by atoms with Crippen molar-refractivity contribution in [1.82, 2.24) is 15.5 Å². The van der Waals surface area contributed by atoms with Crippen LogP contribution in [-0.2, 0) is 14.4 Å². The minimum atomic E-state index is -0.584. The number of imide groups is 1. The fourth-order valence-corrected chi connectivity index (χ4v) is 1.53. The Morgan fingerprint density at radius 3 is 2.82 bits per heavy atom. The first-order valence-corrected chi connectivity index (χ1v) is 5.82. The number of amides is 3. The summed E-state index contributed by atoms with van der Waals surface area (Å²) in [6, 6.07) is -0.345. The van der Waals surface area contributed by atoms with Crippen molar-refractivity contribution < 1.29 is 14.4 Å². The van der Waals surface area contributed by atoms with Crippen LogP contribution in [0.15, 0.2) is 0 Å². The number of rotatable bonds is 4. The third kappa shape index (κ3) is 3.52. The molecule has 1 saturated heterocycles. The standard InChI is InChI=1S/C11H19N3O3/c1-4-7(2)12-5-10(16)14-6-9(15)13-11(17)8(14)3/h7-8,12H,4-6H2,1-3H3,(H,13,15,17). The zero-order valence-corrected chi connectivity index (χ0v) is 10.4. The molecule has 0 radical (unpaired) electrons. The summed E-state index contributed by atoms with van der Waals surface area (Å²) < 4.78 is 0. The van der Waals surface area contributed by atoms with Crippen molar-refractivity contribution in [3.63, 3.8) is 0 Å². The maximum absolute atomic E-state index is 11.9. The molecule has 0 aromatic heterocycles. The van der Waals surface area contributed by atoms with Crippen molar-refractivity contribution in [1.29, 1.82) is 0 Å². The molecule has 0 spiro atoms. The van der Waals surface area contributed by atoms with Crippen molar-refractivity contribution in [2.24, 2.45) is 0 Å². The van der Waals surface area contributed by atoms with Gasteiger partial charge in [0.05, 0.1) is 6.54 Å². The molecule has 2 N–H and O–H groups in total. The van der Waals surface area contributed by atoms with Crippen LogP contribution >= 0.6 is 0 Å². The van der Waals surface area contributed by atoms with Gasteiger partial charge in [-0.2, -0.15) is 0 Å². The predicted molar refractivity (Wildman–Crippen MR) is 62.1 cm³/mol. The molecule has 0 aliphatic carbocycles.